The largest absolute Gasteiger partial charge is 0.481 e. The van der Waals surface area contributed by atoms with Gasteiger partial charge in [-0.15, -0.1) is 23.5 Å². The van der Waals surface area contributed by atoms with Gasteiger partial charge >= 0.3 is 5.97 Å². The number of benzene rings is 1. The van der Waals surface area contributed by atoms with Gasteiger partial charge in [0.2, 0.25) is 0 Å². The molecule has 4 nitrogen and oxygen atoms in total. The highest BCUT2D eigenvalue weighted by Gasteiger charge is 2.20. The predicted octanol–water partition coefficient (Wildman–Crippen LogP) is 3.74. The molecule has 23 heavy (non-hydrogen) atoms. The number of carbonyl (C=O) groups is 2. The summed E-state index contributed by atoms with van der Waals surface area (Å²) in [7, 11) is 0. The van der Waals surface area contributed by atoms with E-state index >= 15 is 0 Å². The first kappa shape index (κ1) is 18.2. The Hall–Kier alpha value is -1.14. The zero-order chi connectivity index (χ0) is 16.8. The molecular weight excluding hydrogens is 330 g/mol. The molecule has 0 atom stereocenters. The Kier molecular flexibility index (Phi) is 6.84. The van der Waals surface area contributed by atoms with Crippen LogP contribution >= 0.6 is 23.5 Å². The quantitative estimate of drug-likeness (QED) is 0.809. The second-order valence-electron chi connectivity index (χ2n) is 5.98. The van der Waals surface area contributed by atoms with Crippen LogP contribution in [0.3, 0.4) is 0 Å². The third kappa shape index (κ3) is 5.46. The summed E-state index contributed by atoms with van der Waals surface area (Å²) >= 11 is 3.88. The van der Waals surface area contributed by atoms with E-state index in [0.29, 0.717) is 22.6 Å². The summed E-state index contributed by atoms with van der Waals surface area (Å²) in [5, 5.41) is 8.86. The first-order valence-corrected chi connectivity index (χ1v) is 9.91. The molecule has 1 saturated heterocycles. The average Bonchev–Trinajstić information content (AvgIpc) is 3.05. The molecule has 1 fully saturated rings. The van der Waals surface area contributed by atoms with Crippen molar-refractivity contribution in [2.45, 2.75) is 24.9 Å². The molecule has 0 unspecified atom stereocenters. The van der Waals surface area contributed by atoms with E-state index in [-0.39, 0.29) is 18.9 Å². The molecule has 0 aromatic heterocycles. The second kappa shape index (κ2) is 8.64. The topological polar surface area (TPSA) is 57.6 Å². The van der Waals surface area contributed by atoms with Crippen molar-refractivity contribution in [1.29, 1.82) is 0 Å². The first-order valence-electron chi connectivity index (χ1n) is 7.81. The molecule has 1 aromatic rings. The van der Waals surface area contributed by atoms with Gasteiger partial charge in [0.05, 0.1) is 11.0 Å². The molecule has 1 aromatic carbocycles. The van der Waals surface area contributed by atoms with E-state index in [4.69, 9.17) is 5.11 Å². The Balaban J connectivity index is 2.06. The molecule has 6 heteroatoms. The maximum Gasteiger partial charge on any atom is 0.305 e. The lowest BCUT2D eigenvalue weighted by atomic mass is 10.1. The molecule has 1 aliphatic rings. The monoisotopic (exact) mass is 353 g/mol. The Morgan fingerprint density at radius 2 is 1.83 bits per heavy atom. The van der Waals surface area contributed by atoms with E-state index in [0.717, 1.165) is 0 Å². The van der Waals surface area contributed by atoms with Crippen LogP contribution in [-0.4, -0.2) is 46.5 Å². The van der Waals surface area contributed by atoms with E-state index in [9.17, 15) is 9.59 Å². The second-order valence-corrected chi connectivity index (χ2v) is 8.71. The molecule has 0 spiro atoms. The van der Waals surface area contributed by atoms with Gasteiger partial charge in [0.25, 0.3) is 5.91 Å². The number of carboxylic acid groups (broad SMARTS) is 1. The van der Waals surface area contributed by atoms with Crippen LogP contribution in [0.1, 0.15) is 40.8 Å². The summed E-state index contributed by atoms with van der Waals surface area (Å²) < 4.78 is 0.470. The minimum Gasteiger partial charge on any atom is -0.481 e. The van der Waals surface area contributed by atoms with E-state index in [1.807, 2.05) is 61.6 Å². The zero-order valence-corrected chi connectivity index (χ0v) is 15.2. The van der Waals surface area contributed by atoms with E-state index in [1.54, 1.807) is 4.90 Å². The lowest BCUT2D eigenvalue weighted by Gasteiger charge is -2.24. The van der Waals surface area contributed by atoms with Crippen molar-refractivity contribution in [3.63, 3.8) is 0 Å². The standard InChI is InChI=1S/C17H23NO3S2/c1-12(2)11-18(8-7-15(19)20)16(21)13-3-5-14(6-4-13)17-22-9-10-23-17/h3-6,12,17H,7-11H2,1-2H3,(H,19,20). The third-order valence-electron chi connectivity index (χ3n) is 3.52. The number of hydrogen-bond donors (Lipinski definition) is 1. The molecule has 2 rings (SSSR count). The van der Waals surface area contributed by atoms with Crippen molar-refractivity contribution >= 4 is 35.4 Å². The molecule has 0 aliphatic carbocycles. The molecule has 1 amide bonds. The van der Waals surface area contributed by atoms with Gasteiger partial charge in [0, 0.05) is 30.2 Å². The first-order chi connectivity index (χ1) is 11.0. The lowest BCUT2D eigenvalue weighted by molar-refractivity contribution is -0.137. The Bertz CT molecular complexity index is 539. The number of thioether (sulfide) groups is 2. The fourth-order valence-corrected chi connectivity index (χ4v) is 5.32. The minimum absolute atomic E-state index is 0.0219. The van der Waals surface area contributed by atoms with Gasteiger partial charge in [-0.3, -0.25) is 9.59 Å². The molecule has 0 bridgehead atoms. The van der Waals surface area contributed by atoms with Crippen molar-refractivity contribution in [1.82, 2.24) is 4.90 Å². The summed E-state index contributed by atoms with van der Waals surface area (Å²) in [6.45, 7) is 4.88. The highest BCUT2D eigenvalue weighted by atomic mass is 32.2. The predicted molar refractivity (Wildman–Crippen MR) is 97.1 cm³/mol. The maximum absolute atomic E-state index is 12.6. The van der Waals surface area contributed by atoms with Gasteiger partial charge < -0.3 is 10.0 Å². The van der Waals surface area contributed by atoms with Crippen LogP contribution in [0.2, 0.25) is 0 Å². The van der Waals surface area contributed by atoms with Crippen molar-refractivity contribution in [2.75, 3.05) is 24.6 Å². The van der Waals surface area contributed by atoms with Crippen LogP contribution in [0.5, 0.6) is 0 Å². The Labute approximate surface area is 146 Å². The summed E-state index contributed by atoms with van der Waals surface area (Å²) in [5.41, 5.74) is 1.88. The number of carboxylic acids is 1. The number of amides is 1. The lowest BCUT2D eigenvalue weighted by Crippen LogP contribution is -2.36. The van der Waals surface area contributed by atoms with Crippen LogP contribution in [0.25, 0.3) is 0 Å². The fourth-order valence-electron chi connectivity index (χ4n) is 2.46. The highest BCUT2D eigenvalue weighted by Crippen LogP contribution is 2.45. The Morgan fingerprint density at radius 3 is 2.35 bits per heavy atom. The SMILES string of the molecule is CC(C)CN(CCC(=O)O)C(=O)c1ccc(C2SCCS2)cc1. The van der Waals surface area contributed by atoms with Crippen molar-refractivity contribution in [3.05, 3.63) is 35.4 Å². The van der Waals surface area contributed by atoms with Crippen LogP contribution < -0.4 is 0 Å². The zero-order valence-electron chi connectivity index (χ0n) is 13.5. The van der Waals surface area contributed by atoms with Gasteiger partial charge in [-0.05, 0) is 23.6 Å². The molecule has 1 aliphatic heterocycles. The van der Waals surface area contributed by atoms with Crippen molar-refractivity contribution in [2.24, 2.45) is 5.92 Å². The molecule has 0 radical (unpaired) electrons. The molecule has 1 heterocycles. The molecule has 0 saturated carbocycles. The van der Waals surface area contributed by atoms with E-state index in [2.05, 4.69) is 0 Å². The fraction of sp³-hybridized carbons (Fsp3) is 0.529. The summed E-state index contributed by atoms with van der Waals surface area (Å²) in [6.07, 6.45) is -0.0219. The summed E-state index contributed by atoms with van der Waals surface area (Å²) in [5.74, 6) is 1.69. The number of carbonyl (C=O) groups excluding carboxylic acids is 1. The van der Waals surface area contributed by atoms with Crippen LogP contribution in [0, 0.1) is 5.92 Å². The van der Waals surface area contributed by atoms with Crippen LogP contribution in [0.15, 0.2) is 24.3 Å². The Morgan fingerprint density at radius 1 is 1.22 bits per heavy atom. The normalized spacial score (nSPS) is 15.1. The van der Waals surface area contributed by atoms with Gasteiger partial charge in [0.1, 0.15) is 0 Å². The smallest absolute Gasteiger partial charge is 0.305 e. The van der Waals surface area contributed by atoms with E-state index < -0.39 is 5.97 Å². The summed E-state index contributed by atoms with van der Waals surface area (Å²) in [6, 6.07) is 7.78. The molecule has 126 valence electrons. The molecular formula is C17H23NO3S2. The van der Waals surface area contributed by atoms with Gasteiger partial charge in [-0.25, -0.2) is 0 Å². The van der Waals surface area contributed by atoms with E-state index in [1.165, 1.54) is 17.1 Å². The van der Waals surface area contributed by atoms with Gasteiger partial charge in [0.15, 0.2) is 0 Å². The van der Waals surface area contributed by atoms with Crippen molar-refractivity contribution in [3.8, 4) is 0 Å². The van der Waals surface area contributed by atoms with Crippen LogP contribution in [-0.2, 0) is 4.79 Å². The van der Waals surface area contributed by atoms with Crippen molar-refractivity contribution < 1.29 is 14.7 Å². The highest BCUT2D eigenvalue weighted by molar-refractivity contribution is 8.19. The third-order valence-corrected chi connectivity index (χ3v) is 6.62. The van der Waals surface area contributed by atoms with Gasteiger partial charge in [-0.1, -0.05) is 26.0 Å². The minimum atomic E-state index is -0.878. The molecule has 1 N–H and O–H groups in total. The van der Waals surface area contributed by atoms with Crippen LogP contribution in [0.4, 0.5) is 0 Å². The number of aliphatic carboxylic acids is 1. The average molecular weight is 354 g/mol. The maximum atomic E-state index is 12.6. The van der Waals surface area contributed by atoms with Gasteiger partial charge in [-0.2, -0.15) is 0 Å². The summed E-state index contributed by atoms with van der Waals surface area (Å²) in [4.78, 5) is 25.1. The number of hydrogen-bond acceptors (Lipinski definition) is 4. The number of nitrogens with zero attached hydrogens (tertiary/aromatic N) is 1. The number of rotatable bonds is 7.